The molecule has 0 spiro atoms. The fourth-order valence-electron chi connectivity index (χ4n) is 4.88. The molecule has 0 unspecified atom stereocenters. The lowest BCUT2D eigenvalue weighted by Crippen LogP contribution is -2.30. The first-order valence-corrected chi connectivity index (χ1v) is 13.0. The molecule has 1 aliphatic heterocycles. The van der Waals surface area contributed by atoms with Crippen LogP contribution in [0.25, 0.3) is 0 Å². The monoisotopic (exact) mass is 517 g/mol. The van der Waals surface area contributed by atoms with Gasteiger partial charge in [-0.25, -0.2) is 0 Å². The van der Waals surface area contributed by atoms with Crippen molar-refractivity contribution in [3.63, 3.8) is 0 Å². The molecule has 2 atom stereocenters. The largest absolute Gasteiger partial charge is 0.457 e. The number of nitrogens with zero attached hydrogens (tertiary/aromatic N) is 4. The molecule has 1 N–H and O–H groups in total. The van der Waals surface area contributed by atoms with Gasteiger partial charge in [-0.3, -0.25) is 9.97 Å². The maximum Gasteiger partial charge on any atom is 0.174 e. The average molecular weight is 518 g/mol. The number of benzene rings is 2. The van der Waals surface area contributed by atoms with Crippen molar-refractivity contribution in [3.8, 4) is 11.5 Å². The van der Waals surface area contributed by atoms with Crippen LogP contribution in [-0.4, -0.2) is 19.6 Å². The number of hydrogen-bond acceptors (Lipinski definition) is 4. The molecular weight excluding hydrogens is 490 g/mol. The minimum absolute atomic E-state index is 0.104. The lowest BCUT2D eigenvalue weighted by molar-refractivity contribution is 0.482. The van der Waals surface area contributed by atoms with E-state index in [1.54, 1.807) is 6.20 Å². The number of thiocarbonyl (C=S) groups is 1. The van der Waals surface area contributed by atoms with Crippen molar-refractivity contribution in [2.24, 2.45) is 0 Å². The highest BCUT2D eigenvalue weighted by atomic mass is 32.1. The Bertz CT molecular complexity index is 1520. The van der Waals surface area contributed by atoms with Crippen molar-refractivity contribution in [1.82, 2.24) is 19.9 Å². The van der Waals surface area contributed by atoms with Gasteiger partial charge >= 0.3 is 0 Å². The van der Waals surface area contributed by atoms with Gasteiger partial charge in [0, 0.05) is 42.7 Å². The number of ether oxygens (including phenoxy) is 1. The van der Waals surface area contributed by atoms with E-state index in [-0.39, 0.29) is 12.1 Å². The van der Waals surface area contributed by atoms with Gasteiger partial charge in [-0.1, -0.05) is 29.8 Å². The Morgan fingerprint density at radius 3 is 2.37 bits per heavy atom. The summed E-state index contributed by atoms with van der Waals surface area (Å²) in [6, 6.07) is 30.2. The van der Waals surface area contributed by atoms with Crippen molar-refractivity contribution in [2.75, 3.05) is 4.90 Å². The standard InChI is InChI=1S/C31H27N5OS/c1-22-9-13-25(14-10-22)37-26-15-11-24(12-16-26)36-30(29(34-31(36)38)27-7-2-3-18-33-27)28-8-5-19-35(28)21-23-6-4-17-32-20-23/h2-20,29-30H,21H2,1H3,(H,34,38)/t29-,30-/m1/s1. The van der Waals surface area contributed by atoms with Crippen molar-refractivity contribution < 1.29 is 4.74 Å². The van der Waals surface area contributed by atoms with Crippen molar-refractivity contribution >= 4 is 23.0 Å². The molecule has 2 aromatic carbocycles. The predicted octanol–water partition coefficient (Wildman–Crippen LogP) is 6.60. The van der Waals surface area contributed by atoms with Gasteiger partial charge < -0.3 is 19.5 Å². The number of hydrogen-bond donors (Lipinski definition) is 1. The molecule has 188 valence electrons. The van der Waals surface area contributed by atoms with Crippen LogP contribution in [0.2, 0.25) is 0 Å². The van der Waals surface area contributed by atoms with Gasteiger partial charge in [-0.05, 0) is 91.4 Å². The second-order valence-electron chi connectivity index (χ2n) is 9.33. The average Bonchev–Trinajstić information content (AvgIpc) is 3.55. The third-order valence-corrected chi connectivity index (χ3v) is 7.03. The van der Waals surface area contributed by atoms with E-state index < -0.39 is 0 Å². The molecular formula is C31H27N5OS. The van der Waals surface area contributed by atoms with Crippen LogP contribution in [0.5, 0.6) is 11.5 Å². The smallest absolute Gasteiger partial charge is 0.174 e. The Kier molecular flexibility index (Phi) is 6.58. The Balaban J connectivity index is 1.35. The molecule has 0 saturated carbocycles. The third kappa shape index (κ3) is 4.88. The van der Waals surface area contributed by atoms with E-state index in [1.807, 2.05) is 73.1 Å². The van der Waals surface area contributed by atoms with E-state index in [1.165, 1.54) is 5.56 Å². The van der Waals surface area contributed by atoms with E-state index in [0.29, 0.717) is 11.7 Å². The second kappa shape index (κ2) is 10.5. The Morgan fingerprint density at radius 1 is 0.868 bits per heavy atom. The quantitative estimate of drug-likeness (QED) is 0.245. The fourth-order valence-corrected chi connectivity index (χ4v) is 5.22. The van der Waals surface area contributed by atoms with Gasteiger partial charge in [0.15, 0.2) is 5.11 Å². The van der Waals surface area contributed by atoms with Gasteiger partial charge in [-0.2, -0.15) is 0 Å². The SMILES string of the molecule is Cc1ccc(Oc2ccc(N3C(=S)N[C@H](c4ccccn4)[C@H]3c3cccn3Cc3cccnc3)cc2)cc1. The summed E-state index contributed by atoms with van der Waals surface area (Å²) in [5.41, 5.74) is 5.39. The molecule has 0 amide bonds. The van der Waals surface area contributed by atoms with E-state index in [9.17, 15) is 0 Å². The molecule has 6 rings (SSSR count). The maximum atomic E-state index is 6.07. The molecule has 5 aromatic rings. The summed E-state index contributed by atoms with van der Waals surface area (Å²) >= 11 is 5.91. The lowest BCUT2D eigenvalue weighted by atomic mass is 10.0. The molecule has 4 heterocycles. The predicted molar refractivity (Wildman–Crippen MR) is 153 cm³/mol. The minimum Gasteiger partial charge on any atom is -0.457 e. The first-order valence-electron chi connectivity index (χ1n) is 12.5. The van der Waals surface area contributed by atoms with Crippen LogP contribution < -0.4 is 15.0 Å². The first kappa shape index (κ1) is 23.9. The van der Waals surface area contributed by atoms with Crippen LogP contribution in [0.15, 0.2) is 116 Å². The minimum atomic E-state index is -0.116. The molecule has 6 nitrogen and oxygen atoms in total. The van der Waals surface area contributed by atoms with Crippen LogP contribution in [0.1, 0.15) is 34.6 Å². The van der Waals surface area contributed by atoms with Gasteiger partial charge in [0.05, 0.1) is 11.7 Å². The van der Waals surface area contributed by atoms with E-state index >= 15 is 0 Å². The molecule has 0 radical (unpaired) electrons. The summed E-state index contributed by atoms with van der Waals surface area (Å²) in [5.74, 6) is 1.58. The number of anilines is 1. The van der Waals surface area contributed by atoms with Crippen LogP contribution in [0.4, 0.5) is 5.69 Å². The summed E-state index contributed by atoms with van der Waals surface area (Å²) in [5, 5.41) is 4.21. The molecule has 3 aromatic heterocycles. The van der Waals surface area contributed by atoms with Gasteiger partial charge in [0.2, 0.25) is 0 Å². The van der Waals surface area contributed by atoms with Gasteiger partial charge in [-0.15, -0.1) is 0 Å². The summed E-state index contributed by atoms with van der Waals surface area (Å²) < 4.78 is 8.32. The molecule has 1 aliphatic rings. The number of pyridine rings is 2. The highest BCUT2D eigenvalue weighted by Crippen LogP contribution is 2.42. The topological polar surface area (TPSA) is 55.2 Å². The Labute approximate surface area is 227 Å². The summed E-state index contributed by atoms with van der Waals surface area (Å²) in [7, 11) is 0. The van der Waals surface area contributed by atoms with E-state index in [2.05, 4.69) is 68.2 Å². The lowest BCUT2D eigenvalue weighted by Gasteiger charge is -2.29. The fraction of sp³-hybridized carbons (Fsp3) is 0.129. The molecule has 1 fully saturated rings. The zero-order valence-corrected chi connectivity index (χ0v) is 21.8. The van der Waals surface area contributed by atoms with Crippen LogP contribution >= 0.6 is 12.2 Å². The number of aryl methyl sites for hydroxylation is 1. The zero-order chi connectivity index (χ0) is 25.9. The van der Waals surface area contributed by atoms with Crippen LogP contribution in [0.3, 0.4) is 0 Å². The van der Waals surface area contributed by atoms with Gasteiger partial charge in [0.1, 0.15) is 17.5 Å². The third-order valence-electron chi connectivity index (χ3n) is 6.71. The van der Waals surface area contributed by atoms with Gasteiger partial charge in [0.25, 0.3) is 0 Å². The summed E-state index contributed by atoms with van der Waals surface area (Å²) in [6.45, 7) is 2.78. The molecule has 38 heavy (non-hydrogen) atoms. The molecule has 0 bridgehead atoms. The molecule has 1 saturated heterocycles. The van der Waals surface area contributed by atoms with E-state index in [4.69, 9.17) is 17.0 Å². The van der Waals surface area contributed by atoms with Crippen molar-refractivity contribution in [3.05, 3.63) is 138 Å². The van der Waals surface area contributed by atoms with Crippen LogP contribution in [0, 0.1) is 6.92 Å². The van der Waals surface area contributed by atoms with Crippen LogP contribution in [-0.2, 0) is 6.54 Å². The number of aromatic nitrogens is 3. The second-order valence-corrected chi connectivity index (χ2v) is 9.71. The number of nitrogens with one attached hydrogen (secondary N) is 1. The Morgan fingerprint density at radius 2 is 1.66 bits per heavy atom. The highest BCUT2D eigenvalue weighted by Gasteiger charge is 2.42. The number of rotatable bonds is 7. The Hall–Kier alpha value is -4.49. The molecule has 7 heteroatoms. The molecule has 0 aliphatic carbocycles. The normalized spacial score (nSPS) is 16.9. The highest BCUT2D eigenvalue weighted by molar-refractivity contribution is 7.80. The van der Waals surface area contributed by atoms with E-state index in [0.717, 1.165) is 34.1 Å². The van der Waals surface area contributed by atoms with Crippen molar-refractivity contribution in [1.29, 1.82) is 0 Å². The maximum absolute atomic E-state index is 6.07. The summed E-state index contributed by atoms with van der Waals surface area (Å²) in [6.07, 6.45) is 7.63. The summed E-state index contributed by atoms with van der Waals surface area (Å²) in [4.78, 5) is 11.1. The first-order chi connectivity index (χ1) is 18.7. The van der Waals surface area contributed by atoms with Crippen molar-refractivity contribution in [2.45, 2.75) is 25.6 Å². The zero-order valence-electron chi connectivity index (χ0n) is 20.9.